The van der Waals surface area contributed by atoms with Crippen LogP contribution >= 0.6 is 27.3 Å². The Hall–Kier alpha value is -0.300. The molecule has 1 N–H and O–H groups in total. The summed E-state index contributed by atoms with van der Waals surface area (Å²) < 4.78 is 1.18. The highest BCUT2D eigenvalue weighted by Crippen LogP contribution is 2.21. The van der Waals surface area contributed by atoms with Crippen molar-refractivity contribution < 1.29 is 0 Å². The molecule has 0 atom stereocenters. The number of hydrogen-bond acceptors (Lipinski definition) is 2. The summed E-state index contributed by atoms with van der Waals surface area (Å²) in [6.07, 6.45) is 5.92. The number of hydrogen-bond donors (Lipinski definition) is 1. The zero-order chi connectivity index (χ0) is 8.81. The van der Waals surface area contributed by atoms with Gasteiger partial charge in [-0.25, -0.2) is 0 Å². The highest BCUT2D eigenvalue weighted by Gasteiger charge is 1.95. The fourth-order valence-corrected chi connectivity index (χ4v) is 2.27. The highest BCUT2D eigenvalue weighted by molar-refractivity contribution is 9.11. The molecule has 1 aromatic heterocycles. The van der Waals surface area contributed by atoms with Gasteiger partial charge in [0.25, 0.3) is 0 Å². The third-order valence-corrected chi connectivity index (χ3v) is 3.00. The molecule has 0 saturated heterocycles. The van der Waals surface area contributed by atoms with E-state index in [0.29, 0.717) is 0 Å². The Labute approximate surface area is 85.3 Å². The maximum atomic E-state index is 5.12. The van der Waals surface area contributed by atoms with Gasteiger partial charge >= 0.3 is 0 Å². The lowest BCUT2D eigenvalue weighted by Crippen LogP contribution is -2.12. The molecule has 1 aromatic rings. The van der Waals surface area contributed by atoms with Crippen LogP contribution in [0.2, 0.25) is 0 Å². The first-order valence-corrected chi connectivity index (χ1v) is 5.32. The molecule has 0 saturated carbocycles. The molecule has 3 heteroatoms. The van der Waals surface area contributed by atoms with Gasteiger partial charge in [-0.3, -0.25) is 0 Å². The normalized spacial score (nSPS) is 9.67. The quantitative estimate of drug-likeness (QED) is 0.634. The Bertz CT molecular complexity index is 274. The molecule has 0 aliphatic rings. The van der Waals surface area contributed by atoms with Crippen molar-refractivity contribution in [1.29, 1.82) is 0 Å². The van der Waals surface area contributed by atoms with Gasteiger partial charge in [-0.1, -0.05) is 0 Å². The first kappa shape index (κ1) is 9.79. The molecule has 0 aromatic carbocycles. The smallest absolute Gasteiger partial charge is 0.0701 e. The molecule has 1 nitrogen and oxygen atoms in total. The van der Waals surface area contributed by atoms with E-state index in [-0.39, 0.29) is 0 Å². The fraction of sp³-hybridized carbons (Fsp3) is 0.333. The fourth-order valence-electron chi connectivity index (χ4n) is 0.819. The molecule has 64 valence electrons. The number of nitrogens with one attached hydrogen (secondary N) is 1. The predicted octanol–water partition coefficient (Wildman–Crippen LogP) is 2.62. The minimum atomic E-state index is 0.798. The number of terminal acetylenes is 1. The van der Waals surface area contributed by atoms with E-state index in [0.717, 1.165) is 19.5 Å². The molecule has 1 rings (SSSR count). The van der Waals surface area contributed by atoms with Crippen LogP contribution in [0.3, 0.4) is 0 Å². The monoisotopic (exact) mass is 243 g/mol. The Kier molecular flexibility index (Phi) is 4.37. The Morgan fingerprint density at radius 3 is 3.00 bits per heavy atom. The maximum absolute atomic E-state index is 5.12. The van der Waals surface area contributed by atoms with E-state index in [1.165, 1.54) is 8.66 Å². The molecular weight excluding hydrogens is 234 g/mol. The number of thiophene rings is 1. The Balaban J connectivity index is 2.21. The van der Waals surface area contributed by atoms with E-state index in [1.807, 2.05) is 0 Å². The lowest BCUT2D eigenvalue weighted by atomic mass is 10.4. The topological polar surface area (TPSA) is 12.0 Å². The van der Waals surface area contributed by atoms with Crippen LogP contribution in [-0.2, 0) is 6.54 Å². The van der Waals surface area contributed by atoms with Crippen molar-refractivity contribution in [3.05, 3.63) is 20.8 Å². The first-order chi connectivity index (χ1) is 5.83. The third-order valence-electron chi connectivity index (χ3n) is 1.37. The van der Waals surface area contributed by atoms with Crippen molar-refractivity contribution in [1.82, 2.24) is 5.32 Å². The molecule has 0 radical (unpaired) electrons. The first-order valence-electron chi connectivity index (χ1n) is 3.71. The van der Waals surface area contributed by atoms with E-state index >= 15 is 0 Å². The number of halogens is 1. The van der Waals surface area contributed by atoms with Gasteiger partial charge in [0.05, 0.1) is 3.79 Å². The molecule has 0 bridgehead atoms. The second-order valence-electron chi connectivity index (χ2n) is 2.34. The largest absolute Gasteiger partial charge is 0.311 e. The zero-order valence-electron chi connectivity index (χ0n) is 6.64. The van der Waals surface area contributed by atoms with E-state index in [1.54, 1.807) is 11.3 Å². The van der Waals surface area contributed by atoms with Gasteiger partial charge in [0.2, 0.25) is 0 Å². The summed E-state index contributed by atoms with van der Waals surface area (Å²) in [5.74, 6) is 2.59. The molecule has 12 heavy (non-hydrogen) atoms. The molecular formula is C9H10BrNS. The molecule has 0 amide bonds. The van der Waals surface area contributed by atoms with Crippen molar-refractivity contribution >= 4 is 27.3 Å². The van der Waals surface area contributed by atoms with Gasteiger partial charge < -0.3 is 5.32 Å². The standard InChI is InChI=1S/C9H10BrNS/c1-2-3-6-11-7-8-4-5-9(10)12-8/h1,4-5,11H,3,6-7H2. The Morgan fingerprint density at radius 1 is 1.58 bits per heavy atom. The van der Waals surface area contributed by atoms with E-state index in [9.17, 15) is 0 Å². The van der Waals surface area contributed by atoms with Crippen molar-refractivity contribution in [2.45, 2.75) is 13.0 Å². The lowest BCUT2D eigenvalue weighted by Gasteiger charge is -1.97. The minimum Gasteiger partial charge on any atom is -0.311 e. The van der Waals surface area contributed by atoms with Crippen LogP contribution in [0.15, 0.2) is 15.9 Å². The van der Waals surface area contributed by atoms with Crippen molar-refractivity contribution in [3.63, 3.8) is 0 Å². The lowest BCUT2D eigenvalue weighted by molar-refractivity contribution is 0.709. The van der Waals surface area contributed by atoms with Crippen LogP contribution < -0.4 is 5.32 Å². The maximum Gasteiger partial charge on any atom is 0.0701 e. The van der Waals surface area contributed by atoms with Crippen molar-refractivity contribution in [2.24, 2.45) is 0 Å². The average molecular weight is 244 g/mol. The van der Waals surface area contributed by atoms with E-state index in [2.05, 4.69) is 39.3 Å². The molecule has 0 aliphatic heterocycles. The summed E-state index contributed by atoms with van der Waals surface area (Å²) in [5.41, 5.74) is 0. The third kappa shape index (κ3) is 3.40. The van der Waals surface area contributed by atoms with Crippen LogP contribution in [-0.4, -0.2) is 6.54 Å². The highest BCUT2D eigenvalue weighted by atomic mass is 79.9. The van der Waals surface area contributed by atoms with Gasteiger partial charge in [0, 0.05) is 24.4 Å². The summed E-state index contributed by atoms with van der Waals surface area (Å²) in [6.45, 7) is 1.81. The molecule has 1 heterocycles. The predicted molar refractivity (Wildman–Crippen MR) is 57.2 cm³/mol. The molecule has 0 spiro atoms. The summed E-state index contributed by atoms with van der Waals surface area (Å²) in [5, 5.41) is 3.26. The van der Waals surface area contributed by atoms with Gasteiger partial charge in [0.15, 0.2) is 0 Å². The van der Waals surface area contributed by atoms with Crippen LogP contribution in [0, 0.1) is 12.3 Å². The summed E-state index contributed by atoms with van der Waals surface area (Å²) in [6, 6.07) is 4.17. The van der Waals surface area contributed by atoms with Crippen LogP contribution in [0.25, 0.3) is 0 Å². The van der Waals surface area contributed by atoms with Crippen LogP contribution in [0.4, 0.5) is 0 Å². The summed E-state index contributed by atoms with van der Waals surface area (Å²) in [4.78, 5) is 1.33. The SMILES string of the molecule is C#CCCNCc1ccc(Br)s1. The Morgan fingerprint density at radius 2 is 2.42 bits per heavy atom. The molecule has 0 aliphatic carbocycles. The van der Waals surface area contributed by atoms with E-state index in [4.69, 9.17) is 6.42 Å². The van der Waals surface area contributed by atoms with Gasteiger partial charge in [-0.15, -0.1) is 23.7 Å². The van der Waals surface area contributed by atoms with Crippen molar-refractivity contribution in [3.8, 4) is 12.3 Å². The van der Waals surface area contributed by atoms with Gasteiger partial charge in [-0.2, -0.15) is 0 Å². The summed E-state index contributed by atoms with van der Waals surface area (Å²) in [7, 11) is 0. The second-order valence-corrected chi connectivity index (χ2v) is 4.88. The van der Waals surface area contributed by atoms with Crippen LogP contribution in [0.1, 0.15) is 11.3 Å². The molecule has 0 fully saturated rings. The second kappa shape index (κ2) is 5.36. The van der Waals surface area contributed by atoms with E-state index < -0.39 is 0 Å². The average Bonchev–Trinajstić information content (AvgIpc) is 2.45. The molecule has 0 unspecified atom stereocenters. The van der Waals surface area contributed by atoms with Crippen LogP contribution in [0.5, 0.6) is 0 Å². The van der Waals surface area contributed by atoms with Gasteiger partial charge in [-0.05, 0) is 28.1 Å². The number of rotatable bonds is 4. The van der Waals surface area contributed by atoms with Crippen molar-refractivity contribution in [2.75, 3.05) is 6.54 Å². The zero-order valence-corrected chi connectivity index (χ0v) is 9.04. The van der Waals surface area contributed by atoms with Gasteiger partial charge in [0.1, 0.15) is 0 Å². The summed E-state index contributed by atoms with van der Waals surface area (Å²) >= 11 is 5.16. The minimum absolute atomic E-state index is 0.798.